The molecule has 0 spiro atoms. The highest BCUT2D eigenvalue weighted by Crippen LogP contribution is 2.40. The van der Waals surface area contributed by atoms with Crippen LogP contribution in [0.3, 0.4) is 0 Å². The molecule has 1 aromatic rings. The Labute approximate surface area is 123 Å². The van der Waals surface area contributed by atoms with Crippen molar-refractivity contribution in [2.24, 2.45) is 0 Å². The van der Waals surface area contributed by atoms with Crippen molar-refractivity contribution in [3.63, 3.8) is 0 Å². The third kappa shape index (κ3) is 5.28. The number of nitrogens with zero attached hydrogens (tertiary/aromatic N) is 1. The Morgan fingerprint density at radius 3 is 2.85 bits per heavy atom. The Morgan fingerprint density at radius 1 is 1.35 bits per heavy atom. The van der Waals surface area contributed by atoms with Crippen molar-refractivity contribution in [2.75, 3.05) is 11.9 Å². The zero-order valence-corrected chi connectivity index (χ0v) is 12.6. The van der Waals surface area contributed by atoms with E-state index in [9.17, 15) is 9.59 Å². The van der Waals surface area contributed by atoms with Gasteiger partial charge in [-0.2, -0.15) is 0 Å². The molecule has 0 aliphatic heterocycles. The quantitative estimate of drug-likeness (QED) is 0.724. The fraction of sp³-hybridized carbons (Fsp3) is 0.643. The van der Waals surface area contributed by atoms with Crippen molar-refractivity contribution in [3.05, 3.63) is 11.1 Å². The molecule has 1 aromatic heterocycles. The van der Waals surface area contributed by atoms with Crippen LogP contribution in [0, 0.1) is 0 Å². The zero-order valence-electron chi connectivity index (χ0n) is 11.8. The fourth-order valence-electron chi connectivity index (χ4n) is 1.94. The standard InChI is InChI=1S/C14H21N3O2S/c1-10(18)15-8-4-2-3-5-13(19)17-14-16-12(9-20-14)11-6-7-11/h9,11H,2-8H2,1H3,(H,15,18)(H,16,17,19). The van der Waals surface area contributed by atoms with E-state index in [0.29, 0.717) is 18.9 Å². The van der Waals surface area contributed by atoms with E-state index in [1.54, 1.807) is 0 Å². The predicted octanol–water partition coefficient (Wildman–Crippen LogP) is 2.66. The van der Waals surface area contributed by atoms with Crippen LogP contribution in [0.25, 0.3) is 0 Å². The third-order valence-electron chi connectivity index (χ3n) is 3.22. The molecule has 0 atom stereocenters. The lowest BCUT2D eigenvalue weighted by molar-refractivity contribution is -0.119. The van der Waals surface area contributed by atoms with Crippen LogP contribution in [0.15, 0.2) is 5.38 Å². The number of carbonyl (C=O) groups is 2. The number of anilines is 1. The molecule has 20 heavy (non-hydrogen) atoms. The van der Waals surface area contributed by atoms with E-state index >= 15 is 0 Å². The molecule has 0 saturated heterocycles. The molecule has 2 amide bonds. The number of hydrogen-bond donors (Lipinski definition) is 2. The van der Waals surface area contributed by atoms with Gasteiger partial charge in [0.25, 0.3) is 0 Å². The number of unbranched alkanes of at least 4 members (excludes halogenated alkanes) is 2. The fourth-order valence-corrected chi connectivity index (χ4v) is 2.75. The van der Waals surface area contributed by atoms with Crippen molar-refractivity contribution in [2.45, 2.75) is 51.4 Å². The molecule has 1 fully saturated rings. The van der Waals surface area contributed by atoms with Crippen molar-refractivity contribution < 1.29 is 9.59 Å². The molecule has 2 rings (SSSR count). The van der Waals surface area contributed by atoms with E-state index < -0.39 is 0 Å². The molecule has 110 valence electrons. The van der Waals surface area contributed by atoms with Gasteiger partial charge in [0, 0.05) is 31.2 Å². The van der Waals surface area contributed by atoms with Crippen molar-refractivity contribution in [1.82, 2.24) is 10.3 Å². The largest absolute Gasteiger partial charge is 0.356 e. The van der Waals surface area contributed by atoms with E-state index in [1.807, 2.05) is 5.38 Å². The van der Waals surface area contributed by atoms with Gasteiger partial charge in [-0.1, -0.05) is 6.42 Å². The number of hydrogen-bond acceptors (Lipinski definition) is 4. The minimum absolute atomic E-state index is 0.00187. The Hall–Kier alpha value is -1.43. The second kappa shape index (κ2) is 7.38. The normalized spacial score (nSPS) is 14.1. The molecule has 0 unspecified atom stereocenters. The topological polar surface area (TPSA) is 71.1 Å². The highest BCUT2D eigenvalue weighted by Gasteiger charge is 2.26. The molecule has 1 saturated carbocycles. The van der Waals surface area contributed by atoms with Crippen LogP contribution in [0.4, 0.5) is 5.13 Å². The Morgan fingerprint density at radius 2 is 2.15 bits per heavy atom. The maximum absolute atomic E-state index is 11.7. The average molecular weight is 295 g/mol. The molecule has 0 radical (unpaired) electrons. The van der Waals surface area contributed by atoms with Gasteiger partial charge < -0.3 is 10.6 Å². The van der Waals surface area contributed by atoms with Gasteiger partial charge in [-0.3, -0.25) is 9.59 Å². The Kier molecular flexibility index (Phi) is 5.52. The first kappa shape index (κ1) is 15.0. The number of aromatic nitrogens is 1. The SMILES string of the molecule is CC(=O)NCCCCCC(=O)Nc1nc(C2CC2)cs1. The second-order valence-corrected chi connectivity index (χ2v) is 6.05. The van der Waals surface area contributed by atoms with E-state index in [4.69, 9.17) is 0 Å². The minimum atomic E-state index is -0.00187. The number of thiazole rings is 1. The average Bonchev–Trinajstić information content (AvgIpc) is 3.14. The summed E-state index contributed by atoms with van der Waals surface area (Å²) in [5.41, 5.74) is 1.13. The molecular formula is C14H21N3O2S. The van der Waals surface area contributed by atoms with Gasteiger partial charge in [-0.25, -0.2) is 4.98 Å². The zero-order chi connectivity index (χ0) is 14.4. The summed E-state index contributed by atoms with van der Waals surface area (Å²) in [6.45, 7) is 2.20. The van der Waals surface area contributed by atoms with Gasteiger partial charge in [-0.05, 0) is 25.7 Å². The van der Waals surface area contributed by atoms with E-state index in [1.165, 1.54) is 31.1 Å². The number of rotatable bonds is 8. The van der Waals surface area contributed by atoms with Crippen LogP contribution in [0.1, 0.15) is 57.1 Å². The summed E-state index contributed by atoms with van der Waals surface area (Å²) in [6.07, 6.45) is 5.66. The first-order valence-corrected chi connectivity index (χ1v) is 8.03. The molecular weight excluding hydrogens is 274 g/mol. The molecule has 1 aliphatic rings. The molecule has 0 aromatic carbocycles. The molecule has 1 aliphatic carbocycles. The third-order valence-corrected chi connectivity index (χ3v) is 3.99. The molecule has 5 nitrogen and oxygen atoms in total. The van der Waals surface area contributed by atoms with E-state index in [0.717, 1.165) is 30.1 Å². The lowest BCUT2D eigenvalue weighted by atomic mass is 10.2. The van der Waals surface area contributed by atoms with Crippen LogP contribution in [0.2, 0.25) is 0 Å². The molecule has 1 heterocycles. The first-order chi connectivity index (χ1) is 9.65. The van der Waals surface area contributed by atoms with Gasteiger partial charge in [-0.15, -0.1) is 11.3 Å². The summed E-state index contributed by atoms with van der Waals surface area (Å²) < 4.78 is 0. The van der Waals surface area contributed by atoms with Crippen LogP contribution in [-0.2, 0) is 9.59 Å². The molecule has 2 N–H and O–H groups in total. The molecule has 0 bridgehead atoms. The maximum atomic E-state index is 11.7. The van der Waals surface area contributed by atoms with Gasteiger partial charge in [0.2, 0.25) is 11.8 Å². The summed E-state index contributed by atoms with van der Waals surface area (Å²) in [5, 5.41) is 8.36. The van der Waals surface area contributed by atoms with Crippen molar-refractivity contribution in [1.29, 1.82) is 0 Å². The summed E-state index contributed by atoms with van der Waals surface area (Å²) in [5.74, 6) is 0.657. The van der Waals surface area contributed by atoms with Crippen LogP contribution in [0.5, 0.6) is 0 Å². The summed E-state index contributed by atoms with van der Waals surface area (Å²) in [6, 6.07) is 0. The summed E-state index contributed by atoms with van der Waals surface area (Å²) >= 11 is 1.51. The minimum Gasteiger partial charge on any atom is -0.356 e. The van der Waals surface area contributed by atoms with Crippen molar-refractivity contribution >= 4 is 28.3 Å². The Bertz CT molecular complexity index is 469. The number of amides is 2. The number of nitrogens with one attached hydrogen (secondary N) is 2. The summed E-state index contributed by atoms with van der Waals surface area (Å²) in [7, 11) is 0. The molecule has 6 heteroatoms. The van der Waals surface area contributed by atoms with Gasteiger partial charge in [0.1, 0.15) is 0 Å². The van der Waals surface area contributed by atoms with Crippen LogP contribution in [-0.4, -0.2) is 23.3 Å². The number of carbonyl (C=O) groups excluding carboxylic acids is 2. The lowest BCUT2D eigenvalue weighted by Gasteiger charge is -2.03. The van der Waals surface area contributed by atoms with Gasteiger partial charge in [0.05, 0.1) is 5.69 Å². The van der Waals surface area contributed by atoms with Gasteiger partial charge >= 0.3 is 0 Å². The second-order valence-electron chi connectivity index (χ2n) is 5.19. The Balaban J connectivity index is 1.56. The van der Waals surface area contributed by atoms with E-state index in [2.05, 4.69) is 15.6 Å². The van der Waals surface area contributed by atoms with E-state index in [-0.39, 0.29) is 11.8 Å². The smallest absolute Gasteiger partial charge is 0.226 e. The lowest BCUT2D eigenvalue weighted by Crippen LogP contribution is -2.20. The van der Waals surface area contributed by atoms with Gasteiger partial charge in [0.15, 0.2) is 5.13 Å². The monoisotopic (exact) mass is 295 g/mol. The van der Waals surface area contributed by atoms with Crippen LogP contribution < -0.4 is 10.6 Å². The highest BCUT2D eigenvalue weighted by molar-refractivity contribution is 7.13. The first-order valence-electron chi connectivity index (χ1n) is 7.15. The maximum Gasteiger partial charge on any atom is 0.226 e. The van der Waals surface area contributed by atoms with Crippen molar-refractivity contribution in [3.8, 4) is 0 Å². The predicted molar refractivity (Wildman–Crippen MR) is 79.9 cm³/mol. The summed E-state index contributed by atoms with van der Waals surface area (Å²) in [4.78, 5) is 26.8. The highest BCUT2D eigenvalue weighted by atomic mass is 32.1. The van der Waals surface area contributed by atoms with Crippen LogP contribution >= 0.6 is 11.3 Å².